The second kappa shape index (κ2) is 7.23. The van der Waals surface area contributed by atoms with Gasteiger partial charge in [-0.15, -0.1) is 0 Å². The number of likely N-dealkylation sites (N-methyl/N-ethyl adjacent to an activating group) is 2. The zero-order chi connectivity index (χ0) is 11.8. The molecule has 0 saturated heterocycles. The van der Waals surface area contributed by atoms with E-state index in [0.717, 1.165) is 0 Å². The molecule has 0 N–H and O–H groups in total. The second-order valence-electron chi connectivity index (χ2n) is 3.61. The highest BCUT2D eigenvalue weighted by atomic mass is 16.5. The summed E-state index contributed by atoms with van der Waals surface area (Å²) in [6.07, 6.45) is 0.253. The van der Waals surface area contributed by atoms with E-state index in [-0.39, 0.29) is 18.3 Å². The summed E-state index contributed by atoms with van der Waals surface area (Å²) >= 11 is 0. The van der Waals surface area contributed by atoms with Gasteiger partial charge < -0.3 is 14.5 Å². The number of amides is 1. The first kappa shape index (κ1) is 13.9. The van der Waals surface area contributed by atoms with E-state index in [1.54, 1.807) is 18.9 Å². The summed E-state index contributed by atoms with van der Waals surface area (Å²) in [7, 11) is 5.35. The molecule has 0 aliphatic carbocycles. The quantitative estimate of drug-likeness (QED) is 0.585. The van der Waals surface area contributed by atoms with Crippen LogP contribution in [0.3, 0.4) is 0 Å². The molecule has 0 aromatic rings. The van der Waals surface area contributed by atoms with Crippen LogP contribution in [-0.4, -0.2) is 62.5 Å². The van der Waals surface area contributed by atoms with Gasteiger partial charge in [0.25, 0.3) is 0 Å². The van der Waals surface area contributed by atoms with Crippen LogP contribution in [0, 0.1) is 0 Å². The molecule has 0 saturated carbocycles. The fourth-order valence-corrected chi connectivity index (χ4v) is 1.01. The molecule has 0 unspecified atom stereocenters. The zero-order valence-corrected chi connectivity index (χ0v) is 9.95. The molecular weight excluding hydrogens is 196 g/mol. The second-order valence-corrected chi connectivity index (χ2v) is 3.61. The van der Waals surface area contributed by atoms with Crippen molar-refractivity contribution >= 4 is 11.9 Å². The summed E-state index contributed by atoms with van der Waals surface area (Å²) in [5.41, 5.74) is 0. The maximum absolute atomic E-state index is 11.5. The van der Waals surface area contributed by atoms with Gasteiger partial charge in [-0.05, 0) is 21.0 Å². The van der Waals surface area contributed by atoms with Crippen LogP contribution in [-0.2, 0) is 14.3 Å². The number of esters is 1. The van der Waals surface area contributed by atoms with E-state index in [2.05, 4.69) is 0 Å². The summed E-state index contributed by atoms with van der Waals surface area (Å²) in [6.45, 7) is 2.91. The van der Waals surface area contributed by atoms with Crippen molar-refractivity contribution < 1.29 is 14.3 Å². The molecule has 0 radical (unpaired) electrons. The maximum atomic E-state index is 11.5. The minimum atomic E-state index is -0.262. The summed E-state index contributed by atoms with van der Waals surface area (Å²) in [6, 6.07) is 0. The highest BCUT2D eigenvalue weighted by Gasteiger charge is 2.11. The molecule has 88 valence electrons. The van der Waals surface area contributed by atoms with Crippen molar-refractivity contribution in [2.75, 3.05) is 40.8 Å². The highest BCUT2D eigenvalue weighted by molar-refractivity contribution is 5.78. The molecule has 0 rings (SSSR count). The van der Waals surface area contributed by atoms with Crippen molar-refractivity contribution in [2.45, 2.75) is 13.3 Å². The van der Waals surface area contributed by atoms with Gasteiger partial charge in [0.1, 0.15) is 0 Å². The Balaban J connectivity index is 3.77. The third-order valence-electron chi connectivity index (χ3n) is 1.83. The SMILES string of the molecule is CCOC(=O)CCN(C)C(=O)CN(C)C. The molecule has 1 amide bonds. The number of rotatable bonds is 6. The normalized spacial score (nSPS) is 10.2. The molecule has 0 heterocycles. The lowest BCUT2D eigenvalue weighted by Crippen LogP contribution is -2.36. The molecule has 5 nitrogen and oxygen atoms in total. The number of hydrogen-bond donors (Lipinski definition) is 0. The topological polar surface area (TPSA) is 49.9 Å². The van der Waals surface area contributed by atoms with Crippen LogP contribution in [0.4, 0.5) is 0 Å². The Morgan fingerprint density at radius 2 is 1.80 bits per heavy atom. The van der Waals surface area contributed by atoms with Crippen molar-refractivity contribution in [3.05, 3.63) is 0 Å². The summed E-state index contributed by atoms with van der Waals surface area (Å²) < 4.78 is 4.77. The average molecular weight is 216 g/mol. The lowest BCUT2D eigenvalue weighted by Gasteiger charge is -2.18. The number of hydrogen-bond acceptors (Lipinski definition) is 4. The van der Waals surface area contributed by atoms with E-state index in [1.807, 2.05) is 14.1 Å². The summed E-state index contributed by atoms with van der Waals surface area (Å²) in [5, 5.41) is 0. The Morgan fingerprint density at radius 3 is 2.27 bits per heavy atom. The van der Waals surface area contributed by atoms with Crippen LogP contribution < -0.4 is 0 Å². The van der Waals surface area contributed by atoms with Crippen molar-refractivity contribution in [2.24, 2.45) is 0 Å². The van der Waals surface area contributed by atoms with Gasteiger partial charge in [0.15, 0.2) is 0 Å². The van der Waals surface area contributed by atoms with E-state index < -0.39 is 0 Å². The number of carbonyl (C=O) groups excluding carboxylic acids is 2. The summed E-state index contributed by atoms with van der Waals surface area (Å²) in [4.78, 5) is 25.8. The minimum Gasteiger partial charge on any atom is -0.466 e. The molecule has 0 aromatic heterocycles. The Morgan fingerprint density at radius 1 is 1.20 bits per heavy atom. The Hall–Kier alpha value is -1.10. The van der Waals surface area contributed by atoms with Gasteiger partial charge in [-0.2, -0.15) is 0 Å². The average Bonchev–Trinajstić information content (AvgIpc) is 2.13. The first-order chi connectivity index (χ1) is 6.97. The molecule has 0 bridgehead atoms. The van der Waals surface area contributed by atoms with Crippen LogP contribution in [0.2, 0.25) is 0 Å². The van der Waals surface area contributed by atoms with Crippen LogP contribution in [0.5, 0.6) is 0 Å². The molecule has 0 aliphatic rings. The van der Waals surface area contributed by atoms with Gasteiger partial charge in [0.2, 0.25) is 5.91 Å². The van der Waals surface area contributed by atoms with Gasteiger partial charge in [-0.25, -0.2) is 0 Å². The fourth-order valence-electron chi connectivity index (χ4n) is 1.01. The molecule has 0 aliphatic heterocycles. The van der Waals surface area contributed by atoms with Crippen LogP contribution >= 0.6 is 0 Å². The molecule has 0 atom stereocenters. The first-order valence-electron chi connectivity index (χ1n) is 5.01. The summed E-state index contributed by atoms with van der Waals surface area (Å²) in [5.74, 6) is -0.258. The number of ether oxygens (including phenoxy) is 1. The van der Waals surface area contributed by atoms with Crippen LogP contribution in [0.25, 0.3) is 0 Å². The predicted molar refractivity (Wildman–Crippen MR) is 57.4 cm³/mol. The number of nitrogens with zero attached hydrogens (tertiary/aromatic N) is 2. The first-order valence-corrected chi connectivity index (χ1v) is 5.01. The third-order valence-corrected chi connectivity index (χ3v) is 1.83. The number of carbonyl (C=O) groups is 2. The van der Waals surface area contributed by atoms with Crippen molar-refractivity contribution in [3.8, 4) is 0 Å². The minimum absolute atomic E-state index is 0.00398. The Kier molecular flexibility index (Phi) is 6.70. The molecule has 5 heteroatoms. The fraction of sp³-hybridized carbons (Fsp3) is 0.800. The monoisotopic (exact) mass is 216 g/mol. The predicted octanol–water partition coefficient (Wildman–Crippen LogP) is -0.0404. The lowest BCUT2D eigenvalue weighted by molar-refractivity contribution is -0.143. The molecule has 0 spiro atoms. The van der Waals surface area contributed by atoms with Gasteiger partial charge in [-0.1, -0.05) is 0 Å². The van der Waals surface area contributed by atoms with E-state index in [9.17, 15) is 9.59 Å². The molecular formula is C10H20N2O3. The molecule has 15 heavy (non-hydrogen) atoms. The standard InChI is InChI=1S/C10H20N2O3/c1-5-15-10(14)6-7-12(4)9(13)8-11(2)3/h5-8H2,1-4H3. The third kappa shape index (κ3) is 6.90. The van der Waals surface area contributed by atoms with Gasteiger partial charge >= 0.3 is 5.97 Å². The Bertz CT molecular complexity index is 217. The van der Waals surface area contributed by atoms with E-state index in [4.69, 9.17) is 4.74 Å². The zero-order valence-electron chi connectivity index (χ0n) is 9.95. The van der Waals surface area contributed by atoms with E-state index in [1.165, 1.54) is 4.90 Å². The molecule has 0 aromatic carbocycles. The molecule has 0 fully saturated rings. The van der Waals surface area contributed by atoms with Crippen LogP contribution in [0.1, 0.15) is 13.3 Å². The maximum Gasteiger partial charge on any atom is 0.307 e. The largest absolute Gasteiger partial charge is 0.466 e. The van der Waals surface area contributed by atoms with Gasteiger partial charge in [0.05, 0.1) is 19.6 Å². The lowest BCUT2D eigenvalue weighted by atomic mass is 10.4. The van der Waals surface area contributed by atoms with E-state index in [0.29, 0.717) is 19.7 Å². The highest BCUT2D eigenvalue weighted by Crippen LogP contribution is 1.93. The van der Waals surface area contributed by atoms with Crippen molar-refractivity contribution in [3.63, 3.8) is 0 Å². The van der Waals surface area contributed by atoms with Crippen molar-refractivity contribution in [1.29, 1.82) is 0 Å². The van der Waals surface area contributed by atoms with Crippen molar-refractivity contribution in [1.82, 2.24) is 9.80 Å². The van der Waals surface area contributed by atoms with Gasteiger partial charge in [0, 0.05) is 13.6 Å². The smallest absolute Gasteiger partial charge is 0.307 e. The Labute approximate surface area is 91.0 Å². The van der Waals surface area contributed by atoms with Gasteiger partial charge in [-0.3, -0.25) is 9.59 Å². The van der Waals surface area contributed by atoms with E-state index >= 15 is 0 Å². The van der Waals surface area contributed by atoms with Crippen LogP contribution in [0.15, 0.2) is 0 Å².